The van der Waals surface area contributed by atoms with Gasteiger partial charge in [0.1, 0.15) is 11.5 Å². The SMILES string of the molecule is CCC(C)c1ccc(OC(=O)c2ccc(C(=O)Oc3ccc(C(C)CC)cc3)cc2)cc1. The minimum absolute atomic E-state index is 0.366. The summed E-state index contributed by atoms with van der Waals surface area (Å²) in [6.07, 6.45) is 2.11. The van der Waals surface area contributed by atoms with E-state index in [1.807, 2.05) is 24.3 Å². The van der Waals surface area contributed by atoms with Crippen LogP contribution in [0.1, 0.15) is 84.2 Å². The van der Waals surface area contributed by atoms with Gasteiger partial charge < -0.3 is 9.47 Å². The summed E-state index contributed by atoms with van der Waals surface area (Å²) >= 11 is 0. The van der Waals surface area contributed by atoms with Crippen LogP contribution in [-0.2, 0) is 0 Å². The average Bonchev–Trinajstić information content (AvgIpc) is 2.84. The number of esters is 2. The molecule has 0 saturated carbocycles. The third-order valence-electron chi connectivity index (χ3n) is 5.90. The fourth-order valence-electron chi connectivity index (χ4n) is 3.27. The largest absolute Gasteiger partial charge is 0.423 e. The topological polar surface area (TPSA) is 52.6 Å². The molecule has 2 atom stereocenters. The number of hydrogen-bond acceptors (Lipinski definition) is 4. The van der Waals surface area contributed by atoms with Gasteiger partial charge in [-0.15, -0.1) is 0 Å². The zero-order valence-corrected chi connectivity index (χ0v) is 19.1. The van der Waals surface area contributed by atoms with E-state index in [-0.39, 0.29) is 0 Å². The molecule has 32 heavy (non-hydrogen) atoms. The standard InChI is InChI=1S/C28H30O4/c1-5-19(3)21-11-15-25(16-12-21)31-27(29)23-7-9-24(10-8-23)28(30)32-26-17-13-22(14-18-26)20(4)6-2/h7-20H,5-6H2,1-4H3. The second-order valence-electron chi connectivity index (χ2n) is 8.11. The Morgan fingerprint density at radius 3 is 1.19 bits per heavy atom. The van der Waals surface area contributed by atoms with Crippen LogP contribution in [0.5, 0.6) is 11.5 Å². The van der Waals surface area contributed by atoms with Crippen molar-refractivity contribution in [2.75, 3.05) is 0 Å². The van der Waals surface area contributed by atoms with E-state index < -0.39 is 11.9 Å². The van der Waals surface area contributed by atoms with Crippen molar-refractivity contribution in [3.63, 3.8) is 0 Å². The van der Waals surface area contributed by atoms with E-state index in [0.29, 0.717) is 34.5 Å². The second kappa shape index (κ2) is 10.8. The highest BCUT2D eigenvalue weighted by Crippen LogP contribution is 2.23. The predicted molar refractivity (Wildman–Crippen MR) is 127 cm³/mol. The molecule has 0 aromatic heterocycles. The van der Waals surface area contributed by atoms with Gasteiger partial charge in [-0.1, -0.05) is 52.0 Å². The summed E-state index contributed by atoms with van der Waals surface area (Å²) in [5.41, 5.74) is 3.16. The van der Waals surface area contributed by atoms with E-state index in [1.54, 1.807) is 48.5 Å². The maximum absolute atomic E-state index is 12.4. The Morgan fingerprint density at radius 2 is 0.906 bits per heavy atom. The zero-order valence-electron chi connectivity index (χ0n) is 19.1. The molecule has 3 aromatic rings. The lowest BCUT2D eigenvalue weighted by Gasteiger charge is -2.11. The van der Waals surface area contributed by atoms with Crippen LogP contribution in [0.4, 0.5) is 0 Å². The van der Waals surface area contributed by atoms with Gasteiger partial charge in [0.25, 0.3) is 0 Å². The first kappa shape index (κ1) is 23.3. The van der Waals surface area contributed by atoms with Gasteiger partial charge >= 0.3 is 11.9 Å². The molecule has 0 heterocycles. The summed E-state index contributed by atoms with van der Waals surface area (Å²) in [6.45, 7) is 8.61. The molecule has 0 amide bonds. The lowest BCUT2D eigenvalue weighted by atomic mass is 9.99. The van der Waals surface area contributed by atoms with Crippen molar-refractivity contribution in [2.45, 2.75) is 52.4 Å². The third kappa shape index (κ3) is 5.85. The number of benzene rings is 3. The number of hydrogen-bond donors (Lipinski definition) is 0. The summed E-state index contributed by atoms with van der Waals surface area (Å²) in [7, 11) is 0. The highest BCUT2D eigenvalue weighted by Gasteiger charge is 2.13. The van der Waals surface area contributed by atoms with Crippen molar-refractivity contribution >= 4 is 11.9 Å². The Kier molecular flexibility index (Phi) is 7.82. The normalized spacial score (nSPS) is 12.6. The molecule has 0 radical (unpaired) electrons. The highest BCUT2D eigenvalue weighted by atomic mass is 16.5. The molecule has 0 aliphatic carbocycles. The molecule has 3 rings (SSSR count). The highest BCUT2D eigenvalue weighted by molar-refractivity contribution is 5.94. The molecule has 3 aromatic carbocycles. The van der Waals surface area contributed by atoms with Crippen LogP contribution in [0.2, 0.25) is 0 Å². The molecule has 2 unspecified atom stereocenters. The number of carbonyl (C=O) groups excluding carboxylic acids is 2. The lowest BCUT2D eigenvalue weighted by molar-refractivity contribution is 0.0720. The van der Waals surface area contributed by atoms with Crippen LogP contribution in [-0.4, -0.2) is 11.9 Å². The molecule has 0 fully saturated rings. The first-order chi connectivity index (χ1) is 15.4. The van der Waals surface area contributed by atoms with Gasteiger partial charge in [-0.25, -0.2) is 9.59 Å². The lowest BCUT2D eigenvalue weighted by Crippen LogP contribution is -2.11. The van der Waals surface area contributed by atoms with Crippen molar-refractivity contribution in [3.05, 3.63) is 95.1 Å². The quantitative estimate of drug-likeness (QED) is 0.281. The maximum atomic E-state index is 12.4. The Balaban J connectivity index is 1.60. The van der Waals surface area contributed by atoms with Gasteiger partial charge in [0.2, 0.25) is 0 Å². The summed E-state index contributed by atoms with van der Waals surface area (Å²) in [5.74, 6) is 0.969. The summed E-state index contributed by atoms with van der Waals surface area (Å²) in [4.78, 5) is 24.9. The second-order valence-corrected chi connectivity index (χ2v) is 8.11. The molecule has 166 valence electrons. The Bertz CT molecular complexity index is 948. The maximum Gasteiger partial charge on any atom is 0.343 e. The summed E-state index contributed by atoms with van der Waals surface area (Å²) in [5, 5.41) is 0. The van der Waals surface area contributed by atoms with E-state index in [0.717, 1.165) is 12.8 Å². The van der Waals surface area contributed by atoms with Gasteiger partial charge in [-0.3, -0.25) is 0 Å². The van der Waals surface area contributed by atoms with Gasteiger partial charge in [0.15, 0.2) is 0 Å². The van der Waals surface area contributed by atoms with Crippen LogP contribution in [0.3, 0.4) is 0 Å². The van der Waals surface area contributed by atoms with Crippen LogP contribution in [0, 0.1) is 0 Å². The number of rotatable bonds is 8. The van der Waals surface area contributed by atoms with E-state index in [4.69, 9.17) is 9.47 Å². The monoisotopic (exact) mass is 430 g/mol. The number of ether oxygens (including phenoxy) is 2. The van der Waals surface area contributed by atoms with Crippen LogP contribution >= 0.6 is 0 Å². The van der Waals surface area contributed by atoms with E-state index in [2.05, 4.69) is 27.7 Å². The van der Waals surface area contributed by atoms with Crippen molar-refractivity contribution in [1.82, 2.24) is 0 Å². The summed E-state index contributed by atoms with van der Waals surface area (Å²) < 4.78 is 10.9. The number of carbonyl (C=O) groups is 2. The van der Waals surface area contributed by atoms with Crippen LogP contribution < -0.4 is 9.47 Å². The van der Waals surface area contributed by atoms with Gasteiger partial charge in [-0.2, -0.15) is 0 Å². The van der Waals surface area contributed by atoms with Gasteiger partial charge in [0.05, 0.1) is 11.1 Å². The van der Waals surface area contributed by atoms with E-state index in [1.165, 1.54) is 11.1 Å². The predicted octanol–water partition coefficient (Wildman–Crippen LogP) is 7.15. The average molecular weight is 431 g/mol. The molecule has 4 nitrogen and oxygen atoms in total. The molecule has 0 N–H and O–H groups in total. The molecule has 0 aliphatic rings. The van der Waals surface area contributed by atoms with E-state index >= 15 is 0 Å². The molecule has 0 saturated heterocycles. The zero-order chi connectivity index (χ0) is 23.1. The minimum Gasteiger partial charge on any atom is -0.423 e. The van der Waals surface area contributed by atoms with Crippen molar-refractivity contribution in [3.8, 4) is 11.5 Å². The molecular weight excluding hydrogens is 400 g/mol. The first-order valence-electron chi connectivity index (χ1n) is 11.2. The van der Waals surface area contributed by atoms with Gasteiger partial charge in [0, 0.05) is 0 Å². The Labute approximate surface area is 190 Å². The van der Waals surface area contributed by atoms with E-state index in [9.17, 15) is 9.59 Å². The van der Waals surface area contributed by atoms with Gasteiger partial charge in [-0.05, 0) is 84.3 Å². The van der Waals surface area contributed by atoms with Crippen molar-refractivity contribution in [2.24, 2.45) is 0 Å². The Morgan fingerprint density at radius 1 is 0.594 bits per heavy atom. The first-order valence-corrected chi connectivity index (χ1v) is 11.2. The van der Waals surface area contributed by atoms with Crippen LogP contribution in [0.15, 0.2) is 72.8 Å². The third-order valence-corrected chi connectivity index (χ3v) is 5.90. The smallest absolute Gasteiger partial charge is 0.343 e. The molecular formula is C28H30O4. The minimum atomic E-state index is -0.471. The Hall–Kier alpha value is -3.40. The molecule has 0 aliphatic heterocycles. The van der Waals surface area contributed by atoms with Crippen molar-refractivity contribution < 1.29 is 19.1 Å². The fourth-order valence-corrected chi connectivity index (χ4v) is 3.27. The van der Waals surface area contributed by atoms with Crippen LogP contribution in [0.25, 0.3) is 0 Å². The van der Waals surface area contributed by atoms with Crippen molar-refractivity contribution in [1.29, 1.82) is 0 Å². The molecule has 4 heteroatoms. The molecule has 0 bridgehead atoms. The summed E-state index contributed by atoms with van der Waals surface area (Å²) in [6, 6.07) is 21.4. The fraction of sp³-hybridized carbons (Fsp3) is 0.286. The molecule has 0 spiro atoms.